The number of carbonyl (C=O) groups excluding carboxylic acids is 1. The molecular formula is C14H21NO2. The number of hydrogen-bond donors (Lipinski definition) is 1. The van der Waals surface area contributed by atoms with E-state index in [1.807, 2.05) is 18.2 Å². The number of nitrogens with one attached hydrogen (secondary N) is 1. The summed E-state index contributed by atoms with van der Waals surface area (Å²) < 4.78 is 5.16. The van der Waals surface area contributed by atoms with Gasteiger partial charge in [0.2, 0.25) is 0 Å². The lowest BCUT2D eigenvalue weighted by Gasteiger charge is -2.07. The normalized spacial score (nSPS) is 10.0. The predicted octanol–water partition coefficient (Wildman–Crippen LogP) is 3.47. The van der Waals surface area contributed by atoms with E-state index in [0.29, 0.717) is 12.2 Å². The van der Waals surface area contributed by atoms with E-state index in [0.717, 1.165) is 31.5 Å². The average molecular weight is 235 g/mol. The molecule has 3 heteroatoms. The molecule has 94 valence electrons. The van der Waals surface area contributed by atoms with Gasteiger partial charge in [0.15, 0.2) is 0 Å². The van der Waals surface area contributed by atoms with Crippen molar-refractivity contribution in [1.82, 2.24) is 0 Å². The van der Waals surface area contributed by atoms with Crippen molar-refractivity contribution in [2.24, 2.45) is 0 Å². The van der Waals surface area contributed by atoms with Crippen molar-refractivity contribution >= 4 is 11.7 Å². The van der Waals surface area contributed by atoms with E-state index in [1.54, 1.807) is 6.07 Å². The summed E-state index contributed by atoms with van der Waals surface area (Å²) in [4.78, 5) is 11.7. The highest BCUT2D eigenvalue weighted by Crippen LogP contribution is 2.11. The molecule has 1 N–H and O–H groups in total. The molecule has 0 atom stereocenters. The molecule has 1 rings (SSSR count). The SMILES string of the molecule is CCCCOC(=O)c1cccc(NCCC)c1. The van der Waals surface area contributed by atoms with Crippen molar-refractivity contribution in [2.45, 2.75) is 33.1 Å². The van der Waals surface area contributed by atoms with Crippen molar-refractivity contribution in [3.8, 4) is 0 Å². The Morgan fingerprint density at radius 3 is 2.82 bits per heavy atom. The van der Waals surface area contributed by atoms with Gasteiger partial charge in [-0.1, -0.05) is 26.3 Å². The molecule has 0 saturated heterocycles. The van der Waals surface area contributed by atoms with E-state index in [-0.39, 0.29) is 5.97 Å². The van der Waals surface area contributed by atoms with Crippen molar-refractivity contribution in [3.63, 3.8) is 0 Å². The van der Waals surface area contributed by atoms with E-state index in [9.17, 15) is 4.79 Å². The van der Waals surface area contributed by atoms with Crippen molar-refractivity contribution in [2.75, 3.05) is 18.5 Å². The topological polar surface area (TPSA) is 38.3 Å². The molecule has 1 aromatic carbocycles. The van der Waals surface area contributed by atoms with Crippen LogP contribution < -0.4 is 5.32 Å². The van der Waals surface area contributed by atoms with Gasteiger partial charge in [-0.05, 0) is 31.0 Å². The second kappa shape index (κ2) is 7.71. The van der Waals surface area contributed by atoms with Crippen LogP contribution in [0.15, 0.2) is 24.3 Å². The van der Waals surface area contributed by atoms with E-state index < -0.39 is 0 Å². The fourth-order valence-electron chi connectivity index (χ4n) is 1.42. The maximum Gasteiger partial charge on any atom is 0.338 e. The van der Waals surface area contributed by atoms with Crippen LogP contribution in [-0.2, 0) is 4.74 Å². The second-order valence-corrected chi connectivity index (χ2v) is 4.00. The van der Waals surface area contributed by atoms with Crippen molar-refractivity contribution in [1.29, 1.82) is 0 Å². The van der Waals surface area contributed by atoms with Gasteiger partial charge in [-0.15, -0.1) is 0 Å². The first-order valence-corrected chi connectivity index (χ1v) is 6.29. The zero-order valence-corrected chi connectivity index (χ0v) is 10.7. The molecule has 17 heavy (non-hydrogen) atoms. The van der Waals surface area contributed by atoms with Gasteiger partial charge in [-0.25, -0.2) is 4.79 Å². The van der Waals surface area contributed by atoms with Crippen LogP contribution in [0.5, 0.6) is 0 Å². The standard InChI is InChI=1S/C14H21NO2/c1-3-5-10-17-14(16)12-7-6-8-13(11-12)15-9-4-2/h6-8,11,15H,3-5,9-10H2,1-2H3. The van der Waals surface area contributed by atoms with Gasteiger partial charge in [0.25, 0.3) is 0 Å². The largest absolute Gasteiger partial charge is 0.462 e. The number of rotatable bonds is 7. The van der Waals surface area contributed by atoms with Crippen LogP contribution in [-0.4, -0.2) is 19.1 Å². The molecule has 0 spiro atoms. The smallest absolute Gasteiger partial charge is 0.338 e. The van der Waals surface area contributed by atoms with Gasteiger partial charge in [-0.2, -0.15) is 0 Å². The number of unbranched alkanes of at least 4 members (excludes halogenated alkanes) is 1. The first-order chi connectivity index (χ1) is 8.27. The van der Waals surface area contributed by atoms with Crippen LogP contribution in [0.25, 0.3) is 0 Å². The summed E-state index contributed by atoms with van der Waals surface area (Å²) in [6.45, 7) is 5.59. The van der Waals surface area contributed by atoms with Crippen LogP contribution in [0.4, 0.5) is 5.69 Å². The maximum atomic E-state index is 11.7. The quantitative estimate of drug-likeness (QED) is 0.581. The Hall–Kier alpha value is -1.51. The number of esters is 1. The minimum Gasteiger partial charge on any atom is -0.462 e. The van der Waals surface area contributed by atoms with E-state index in [1.165, 1.54) is 0 Å². The van der Waals surface area contributed by atoms with Crippen molar-refractivity contribution in [3.05, 3.63) is 29.8 Å². The highest BCUT2D eigenvalue weighted by Gasteiger charge is 2.06. The van der Waals surface area contributed by atoms with Gasteiger partial charge in [-0.3, -0.25) is 0 Å². The summed E-state index contributed by atoms with van der Waals surface area (Å²) in [6.07, 6.45) is 3.01. The molecule has 0 bridgehead atoms. The number of carbonyl (C=O) groups is 1. The molecule has 0 aliphatic rings. The summed E-state index contributed by atoms with van der Waals surface area (Å²) in [6, 6.07) is 7.45. The van der Waals surface area contributed by atoms with Crippen LogP contribution in [0.1, 0.15) is 43.5 Å². The molecular weight excluding hydrogens is 214 g/mol. The third kappa shape index (κ3) is 4.89. The summed E-state index contributed by atoms with van der Waals surface area (Å²) in [5.74, 6) is -0.237. The van der Waals surface area contributed by atoms with E-state index >= 15 is 0 Å². The zero-order chi connectivity index (χ0) is 12.5. The van der Waals surface area contributed by atoms with Crippen LogP contribution in [0.3, 0.4) is 0 Å². The summed E-state index contributed by atoms with van der Waals surface area (Å²) in [5.41, 5.74) is 1.58. The van der Waals surface area contributed by atoms with Gasteiger partial charge in [0.05, 0.1) is 12.2 Å². The lowest BCUT2D eigenvalue weighted by atomic mass is 10.2. The Balaban J connectivity index is 2.54. The lowest BCUT2D eigenvalue weighted by molar-refractivity contribution is 0.0500. The second-order valence-electron chi connectivity index (χ2n) is 4.00. The highest BCUT2D eigenvalue weighted by atomic mass is 16.5. The Morgan fingerprint density at radius 1 is 1.29 bits per heavy atom. The average Bonchev–Trinajstić information content (AvgIpc) is 2.37. The number of benzene rings is 1. The van der Waals surface area contributed by atoms with Gasteiger partial charge in [0.1, 0.15) is 0 Å². The first kappa shape index (κ1) is 13.6. The fraction of sp³-hybridized carbons (Fsp3) is 0.500. The molecule has 0 saturated carbocycles. The van der Waals surface area contributed by atoms with Gasteiger partial charge < -0.3 is 10.1 Å². The third-order valence-corrected chi connectivity index (χ3v) is 2.41. The Bertz CT molecular complexity index is 350. The minimum absolute atomic E-state index is 0.237. The molecule has 0 amide bonds. The lowest BCUT2D eigenvalue weighted by Crippen LogP contribution is -2.07. The number of ether oxygens (including phenoxy) is 1. The Morgan fingerprint density at radius 2 is 2.12 bits per heavy atom. The number of hydrogen-bond acceptors (Lipinski definition) is 3. The Labute approximate surface area is 103 Å². The molecule has 1 aromatic rings. The molecule has 0 aliphatic heterocycles. The van der Waals surface area contributed by atoms with Crippen LogP contribution in [0, 0.1) is 0 Å². The predicted molar refractivity (Wildman–Crippen MR) is 70.4 cm³/mol. The highest BCUT2D eigenvalue weighted by molar-refractivity contribution is 5.90. The van der Waals surface area contributed by atoms with Gasteiger partial charge in [0, 0.05) is 12.2 Å². The fourth-order valence-corrected chi connectivity index (χ4v) is 1.42. The molecule has 0 heterocycles. The van der Waals surface area contributed by atoms with E-state index in [2.05, 4.69) is 19.2 Å². The molecule has 3 nitrogen and oxygen atoms in total. The van der Waals surface area contributed by atoms with Crippen LogP contribution >= 0.6 is 0 Å². The maximum absolute atomic E-state index is 11.7. The Kier molecular flexibility index (Phi) is 6.15. The van der Waals surface area contributed by atoms with Crippen molar-refractivity contribution < 1.29 is 9.53 Å². The third-order valence-electron chi connectivity index (χ3n) is 2.41. The summed E-state index contributed by atoms with van der Waals surface area (Å²) >= 11 is 0. The molecule has 0 aliphatic carbocycles. The molecule has 0 unspecified atom stereocenters. The molecule has 0 aromatic heterocycles. The summed E-state index contributed by atoms with van der Waals surface area (Å²) in [7, 11) is 0. The molecule has 0 radical (unpaired) electrons. The minimum atomic E-state index is -0.237. The van der Waals surface area contributed by atoms with Crippen LogP contribution in [0.2, 0.25) is 0 Å². The monoisotopic (exact) mass is 235 g/mol. The number of anilines is 1. The molecule has 0 fully saturated rings. The first-order valence-electron chi connectivity index (χ1n) is 6.29. The van der Waals surface area contributed by atoms with Gasteiger partial charge >= 0.3 is 5.97 Å². The van der Waals surface area contributed by atoms with E-state index in [4.69, 9.17) is 4.74 Å². The zero-order valence-electron chi connectivity index (χ0n) is 10.7. The summed E-state index contributed by atoms with van der Waals surface area (Å²) in [5, 5.41) is 3.25.